The molecule has 128 valence electrons. The molecule has 0 bridgehead atoms. The van der Waals surface area contributed by atoms with Gasteiger partial charge in [-0.15, -0.1) is 6.58 Å². The zero-order valence-electron chi connectivity index (χ0n) is 13.1. The van der Waals surface area contributed by atoms with E-state index in [1.54, 1.807) is 6.08 Å². The van der Waals surface area contributed by atoms with Crippen molar-refractivity contribution in [1.82, 2.24) is 4.90 Å². The van der Waals surface area contributed by atoms with Crippen molar-refractivity contribution in [2.75, 3.05) is 37.6 Å². The van der Waals surface area contributed by atoms with Crippen LogP contribution in [0.2, 0.25) is 0 Å². The lowest BCUT2D eigenvalue weighted by molar-refractivity contribution is -0.137. The van der Waals surface area contributed by atoms with Gasteiger partial charge in [0, 0.05) is 38.4 Å². The molecule has 1 unspecified atom stereocenters. The minimum atomic E-state index is -4.29. The standard InChI is InChI=1S/C17H23F3N2O/c1-2-3-4-16(23)13-21-9-11-22(12-10-21)15-7-5-14(6-8-15)17(18,19)20/h2,5-8,16,23H,1,3-4,9-13H2. The van der Waals surface area contributed by atoms with Gasteiger partial charge < -0.3 is 10.0 Å². The van der Waals surface area contributed by atoms with Crippen molar-refractivity contribution in [3.8, 4) is 0 Å². The smallest absolute Gasteiger partial charge is 0.392 e. The molecule has 0 aliphatic carbocycles. The molecule has 1 fully saturated rings. The number of piperazine rings is 1. The Bertz CT molecular complexity index is 494. The van der Waals surface area contributed by atoms with Crippen molar-refractivity contribution in [3.05, 3.63) is 42.5 Å². The van der Waals surface area contributed by atoms with Gasteiger partial charge in [0.15, 0.2) is 0 Å². The zero-order valence-corrected chi connectivity index (χ0v) is 13.1. The van der Waals surface area contributed by atoms with E-state index in [1.165, 1.54) is 12.1 Å². The summed E-state index contributed by atoms with van der Waals surface area (Å²) >= 11 is 0. The molecule has 1 saturated heterocycles. The summed E-state index contributed by atoms with van der Waals surface area (Å²) in [7, 11) is 0. The Labute approximate surface area is 135 Å². The molecule has 0 spiro atoms. The molecule has 0 aromatic heterocycles. The number of rotatable bonds is 6. The fourth-order valence-corrected chi connectivity index (χ4v) is 2.75. The van der Waals surface area contributed by atoms with Crippen LogP contribution in [-0.2, 0) is 6.18 Å². The van der Waals surface area contributed by atoms with Gasteiger partial charge in [0.25, 0.3) is 0 Å². The fourth-order valence-electron chi connectivity index (χ4n) is 2.75. The molecule has 2 rings (SSSR count). The molecule has 3 nitrogen and oxygen atoms in total. The van der Waals surface area contributed by atoms with E-state index >= 15 is 0 Å². The number of aliphatic hydroxyl groups excluding tert-OH is 1. The summed E-state index contributed by atoms with van der Waals surface area (Å²) in [4.78, 5) is 4.26. The Morgan fingerprint density at radius 1 is 1.13 bits per heavy atom. The van der Waals surface area contributed by atoms with Crippen LogP contribution in [0, 0.1) is 0 Å². The average molecular weight is 328 g/mol. The number of alkyl halides is 3. The molecular formula is C17H23F3N2O. The largest absolute Gasteiger partial charge is 0.416 e. The van der Waals surface area contributed by atoms with E-state index in [0.29, 0.717) is 13.0 Å². The van der Waals surface area contributed by atoms with Gasteiger partial charge in [-0.05, 0) is 37.1 Å². The molecule has 1 atom stereocenters. The first kappa shape index (κ1) is 17.8. The molecule has 23 heavy (non-hydrogen) atoms. The van der Waals surface area contributed by atoms with Gasteiger partial charge in [-0.1, -0.05) is 6.08 Å². The second-order valence-corrected chi connectivity index (χ2v) is 5.85. The fraction of sp³-hybridized carbons (Fsp3) is 0.529. The van der Waals surface area contributed by atoms with E-state index in [1.807, 2.05) is 0 Å². The van der Waals surface area contributed by atoms with Crippen LogP contribution in [0.1, 0.15) is 18.4 Å². The van der Waals surface area contributed by atoms with Gasteiger partial charge in [-0.3, -0.25) is 4.90 Å². The summed E-state index contributed by atoms with van der Waals surface area (Å²) in [6, 6.07) is 5.30. The van der Waals surface area contributed by atoms with E-state index in [4.69, 9.17) is 0 Å². The Kier molecular flexibility index (Phi) is 6.07. The van der Waals surface area contributed by atoms with Crippen LogP contribution in [0.3, 0.4) is 0 Å². The summed E-state index contributed by atoms with van der Waals surface area (Å²) < 4.78 is 37.7. The average Bonchev–Trinajstić information content (AvgIpc) is 2.53. The summed E-state index contributed by atoms with van der Waals surface area (Å²) in [5.74, 6) is 0. The minimum Gasteiger partial charge on any atom is -0.392 e. The van der Waals surface area contributed by atoms with Gasteiger partial charge in [0.2, 0.25) is 0 Å². The van der Waals surface area contributed by atoms with E-state index in [2.05, 4.69) is 16.4 Å². The third-order valence-corrected chi connectivity index (χ3v) is 4.11. The summed E-state index contributed by atoms with van der Waals surface area (Å²) in [6.45, 7) is 7.37. The number of β-amino-alcohol motifs (C(OH)–C–C–N with tert-alkyl or cyclic N) is 1. The third-order valence-electron chi connectivity index (χ3n) is 4.11. The lowest BCUT2D eigenvalue weighted by Crippen LogP contribution is -2.48. The van der Waals surface area contributed by atoms with Gasteiger partial charge in [0.05, 0.1) is 11.7 Å². The van der Waals surface area contributed by atoms with Gasteiger partial charge >= 0.3 is 6.18 Å². The normalized spacial score (nSPS) is 18.0. The second-order valence-electron chi connectivity index (χ2n) is 5.85. The topological polar surface area (TPSA) is 26.7 Å². The van der Waals surface area contributed by atoms with Crippen molar-refractivity contribution in [3.63, 3.8) is 0 Å². The molecule has 1 aromatic carbocycles. The van der Waals surface area contributed by atoms with Crippen molar-refractivity contribution in [1.29, 1.82) is 0 Å². The van der Waals surface area contributed by atoms with Crippen molar-refractivity contribution >= 4 is 5.69 Å². The number of halogens is 3. The molecule has 6 heteroatoms. The Hall–Kier alpha value is -1.53. The predicted molar refractivity (Wildman–Crippen MR) is 85.5 cm³/mol. The van der Waals surface area contributed by atoms with Crippen LogP contribution in [0.25, 0.3) is 0 Å². The molecular weight excluding hydrogens is 305 g/mol. The summed E-state index contributed by atoms with van der Waals surface area (Å²) in [6.07, 6.45) is -1.34. The number of hydrogen-bond acceptors (Lipinski definition) is 3. The zero-order chi connectivity index (χ0) is 16.9. The van der Waals surface area contributed by atoms with E-state index in [0.717, 1.165) is 50.4 Å². The van der Waals surface area contributed by atoms with Crippen LogP contribution in [0.4, 0.5) is 18.9 Å². The van der Waals surface area contributed by atoms with E-state index in [-0.39, 0.29) is 6.10 Å². The van der Waals surface area contributed by atoms with Crippen LogP contribution in [0.15, 0.2) is 36.9 Å². The maximum atomic E-state index is 12.6. The second kappa shape index (κ2) is 7.84. The minimum absolute atomic E-state index is 0.356. The number of hydrogen-bond donors (Lipinski definition) is 1. The Balaban J connectivity index is 1.83. The highest BCUT2D eigenvalue weighted by Gasteiger charge is 2.30. The predicted octanol–water partition coefficient (Wildman–Crippen LogP) is 3.15. The number of aliphatic hydroxyl groups is 1. The molecule has 1 aliphatic heterocycles. The Morgan fingerprint density at radius 3 is 2.26 bits per heavy atom. The van der Waals surface area contributed by atoms with E-state index in [9.17, 15) is 18.3 Å². The monoisotopic (exact) mass is 328 g/mol. The van der Waals surface area contributed by atoms with Crippen LogP contribution in [0.5, 0.6) is 0 Å². The molecule has 1 aromatic rings. The SMILES string of the molecule is C=CCCC(O)CN1CCN(c2ccc(C(F)(F)F)cc2)CC1. The maximum Gasteiger partial charge on any atom is 0.416 e. The highest BCUT2D eigenvalue weighted by Crippen LogP contribution is 2.30. The maximum absolute atomic E-state index is 12.6. The summed E-state index contributed by atoms with van der Waals surface area (Å²) in [5, 5.41) is 9.91. The van der Waals surface area contributed by atoms with Crippen LogP contribution in [-0.4, -0.2) is 48.8 Å². The number of nitrogens with zero attached hydrogens (tertiary/aromatic N) is 2. The van der Waals surface area contributed by atoms with Crippen molar-refractivity contribution in [2.45, 2.75) is 25.1 Å². The van der Waals surface area contributed by atoms with Crippen molar-refractivity contribution in [2.24, 2.45) is 0 Å². The highest BCUT2D eigenvalue weighted by molar-refractivity contribution is 5.48. The highest BCUT2D eigenvalue weighted by atomic mass is 19.4. The van der Waals surface area contributed by atoms with E-state index < -0.39 is 11.7 Å². The van der Waals surface area contributed by atoms with Gasteiger partial charge in [-0.2, -0.15) is 13.2 Å². The molecule has 1 N–H and O–H groups in total. The quantitative estimate of drug-likeness (QED) is 0.813. The first-order valence-electron chi connectivity index (χ1n) is 7.83. The molecule has 1 heterocycles. The van der Waals surface area contributed by atoms with Gasteiger partial charge in [0.1, 0.15) is 0 Å². The van der Waals surface area contributed by atoms with Crippen molar-refractivity contribution < 1.29 is 18.3 Å². The van der Waals surface area contributed by atoms with Gasteiger partial charge in [-0.25, -0.2) is 0 Å². The molecule has 0 radical (unpaired) electrons. The lowest BCUT2D eigenvalue weighted by Gasteiger charge is -2.37. The molecule has 0 saturated carbocycles. The molecule has 0 amide bonds. The lowest BCUT2D eigenvalue weighted by atomic mass is 10.1. The number of benzene rings is 1. The van der Waals surface area contributed by atoms with Crippen LogP contribution >= 0.6 is 0 Å². The third kappa shape index (κ3) is 5.25. The Morgan fingerprint density at radius 2 is 1.74 bits per heavy atom. The first-order chi connectivity index (χ1) is 10.9. The number of anilines is 1. The molecule has 1 aliphatic rings. The first-order valence-corrected chi connectivity index (χ1v) is 7.83. The summed E-state index contributed by atoms with van der Waals surface area (Å²) in [5.41, 5.74) is 0.190. The van der Waals surface area contributed by atoms with Crippen LogP contribution < -0.4 is 4.90 Å². The number of allylic oxidation sites excluding steroid dienone is 1.